The van der Waals surface area contributed by atoms with Crippen LogP contribution in [-0.4, -0.2) is 185 Å². The summed E-state index contributed by atoms with van der Waals surface area (Å²) >= 11 is 0. The molecule has 7 aromatic rings. The number of carboxylic acid groups (broad SMARTS) is 1. The molecule has 1 aliphatic heterocycles. The van der Waals surface area contributed by atoms with Gasteiger partial charge in [-0.3, -0.25) is 62.4 Å². The molecule has 8 rings (SSSR count). The molecule has 1 unspecified atom stereocenters. The number of rotatable bonds is 23. The second-order valence-corrected chi connectivity index (χ2v) is 25.9. The molecule has 560 valence electrons. The number of carboxylic acids is 1. The number of carbonyl (C=O) groups excluding carboxylic acids is 12. The van der Waals surface area contributed by atoms with Gasteiger partial charge in [-0.2, -0.15) is 0 Å². The van der Waals surface area contributed by atoms with Crippen molar-refractivity contribution in [3.05, 3.63) is 186 Å². The number of para-hydroxylation sites is 1. The Bertz CT molecular complexity index is 4280. The molecule has 3 heterocycles. The molecule has 0 bridgehead atoms. The van der Waals surface area contributed by atoms with E-state index < -0.39 is 175 Å². The number of imidazole rings is 1. The molecule has 0 radical (unpaired) electrons. The number of unbranched alkanes of at least 4 members (excludes halogenated alkanes) is 1. The first kappa shape index (κ1) is 79.2. The van der Waals surface area contributed by atoms with E-state index in [0.717, 1.165) is 13.8 Å². The van der Waals surface area contributed by atoms with E-state index in [1.165, 1.54) is 61.1 Å². The molecular weight excluding hydrogens is 1370 g/mol. The number of nitrogens with zero attached hydrogens (tertiary/aromatic N) is 2. The predicted octanol–water partition coefficient (Wildman–Crippen LogP) is -1.71. The topological polar surface area (TPSA) is 543 Å². The lowest BCUT2D eigenvalue weighted by atomic mass is 9.97. The third-order valence-electron chi connectivity index (χ3n) is 17.8. The first-order valence-corrected chi connectivity index (χ1v) is 34.1. The fourth-order valence-corrected chi connectivity index (χ4v) is 12.1. The summed E-state index contributed by atoms with van der Waals surface area (Å²) in [6.45, 7) is 2.11. The Hall–Kier alpha value is -12.5. The fourth-order valence-electron chi connectivity index (χ4n) is 12.1. The van der Waals surface area contributed by atoms with E-state index in [4.69, 9.17) is 22.9 Å². The number of nitrogens with one attached hydrogen (secondary N) is 11. The minimum atomic E-state index is -3.18. The number of hydrogen-bond acceptors (Lipinski definition) is 18. The van der Waals surface area contributed by atoms with Crippen LogP contribution in [0.2, 0.25) is 0 Å². The molecule has 1 fully saturated rings. The monoisotopic (exact) mass is 1460 g/mol. The van der Waals surface area contributed by atoms with Crippen molar-refractivity contribution in [2.45, 2.75) is 151 Å². The molecule has 33 heteroatoms. The summed E-state index contributed by atoms with van der Waals surface area (Å²) < 4.78 is 0. The van der Waals surface area contributed by atoms with Gasteiger partial charge in [0.2, 0.25) is 76.5 Å². The van der Waals surface area contributed by atoms with Crippen molar-refractivity contribution in [1.82, 2.24) is 67.7 Å². The standard InChI is InChI=1S/C73H87N17O16/c1-40-63(96)83-54(31-42-15-7-4-8-16-42)71(104)89-73(2,72(105)106)90(59(62(77)95)32-44-22-26-48(92)27-23-44)61(94)36-58(84-64(97)50(75)29-43-20-24-47(91)25-21-43)70(103)87-56(34-46-38-78-39-80-46)69(102)85-53(30-41-13-5-3-6-14-41)67(100)82-52(19-11-12-28-74)65(98)86-55(33-45-37-79-51-18-10-9-17-49(45)51)68(101)88-57(35-60(76)93)66(99)81-40/h3-10,13-18,20-27,37-40,50,52-59,79,91-92H,11-12,19,28-36,74-75H2,1-2H3,(H2,76,93)(H2,77,95)(H,78,80)(H,81,99)(H,82,100)(H,83,96)(H,84,97)(H,85,102)(H,86,98)(H,87,103)(H,88,101)(H,89,104)(H,105,106)/t40-,50-,52-,53+,54-,55-,56-,57-,58-,59-,73?/m0/s1. The number of fused-ring (bicyclic) bond motifs is 1. The van der Waals surface area contributed by atoms with Crippen LogP contribution in [0.3, 0.4) is 0 Å². The minimum absolute atomic E-state index is 0.119. The third kappa shape index (κ3) is 22.0. The van der Waals surface area contributed by atoms with Crippen LogP contribution in [0.5, 0.6) is 11.5 Å². The van der Waals surface area contributed by atoms with Crippen molar-refractivity contribution in [3.63, 3.8) is 0 Å². The fraction of sp³-hybridized carbons (Fsp3) is 0.342. The van der Waals surface area contributed by atoms with Gasteiger partial charge in [-0.1, -0.05) is 103 Å². The molecule has 106 heavy (non-hydrogen) atoms. The molecule has 5 aromatic carbocycles. The summed E-state index contributed by atoms with van der Waals surface area (Å²) in [7, 11) is 0. The average Bonchev–Trinajstić information content (AvgIpc) is 0.892. The molecular formula is C73H87N17O16. The number of aromatic hydroxyl groups is 2. The maximum absolute atomic E-state index is 15.8. The van der Waals surface area contributed by atoms with Gasteiger partial charge < -0.3 is 96.1 Å². The van der Waals surface area contributed by atoms with E-state index >= 15 is 28.8 Å². The molecule has 2 aromatic heterocycles. The minimum Gasteiger partial charge on any atom is -0.508 e. The van der Waals surface area contributed by atoms with Gasteiger partial charge in [-0.25, -0.2) is 9.78 Å². The molecule has 1 saturated heterocycles. The number of aromatic nitrogens is 3. The summed E-state index contributed by atoms with van der Waals surface area (Å²) in [6.07, 6.45) is -0.0686. The highest BCUT2D eigenvalue weighted by Gasteiger charge is 2.51. The van der Waals surface area contributed by atoms with Crippen LogP contribution in [0.1, 0.15) is 79.5 Å². The summed E-state index contributed by atoms with van der Waals surface area (Å²) in [5.41, 5.74) is 23.7. The van der Waals surface area contributed by atoms with E-state index in [1.807, 2.05) is 0 Å². The molecule has 22 N–H and O–H groups in total. The number of aliphatic carboxylic acids is 1. The van der Waals surface area contributed by atoms with Crippen LogP contribution < -0.4 is 70.8 Å². The summed E-state index contributed by atoms with van der Waals surface area (Å²) in [5.74, 6) is -16.7. The van der Waals surface area contributed by atoms with E-state index in [0.29, 0.717) is 44.5 Å². The second kappa shape index (κ2) is 37.1. The van der Waals surface area contributed by atoms with Gasteiger partial charge in [0.25, 0.3) is 0 Å². The Kier molecular flexibility index (Phi) is 27.7. The largest absolute Gasteiger partial charge is 0.508 e. The number of carbonyl (C=O) groups is 13. The molecule has 11 atom stereocenters. The predicted molar refractivity (Wildman–Crippen MR) is 383 cm³/mol. The zero-order chi connectivity index (χ0) is 76.8. The summed E-state index contributed by atoms with van der Waals surface area (Å²) in [4.78, 5) is 202. The smallest absolute Gasteiger partial charge is 0.350 e. The number of phenols is 2. The van der Waals surface area contributed by atoms with Crippen molar-refractivity contribution in [1.29, 1.82) is 0 Å². The average molecular weight is 1460 g/mol. The van der Waals surface area contributed by atoms with Crippen molar-refractivity contribution < 1.29 is 77.6 Å². The molecule has 1 aliphatic rings. The SMILES string of the molecule is C[C@@H]1NC(=O)[C@H](CC(N)=O)NC(=O)[C@H](Cc2c[nH]c3ccccc23)NC(=O)[C@H](CCCCN)NC(=O)[C@@H](Cc2ccccc2)NC(=O)[C@H](Cc2cnc[nH]2)NC(=O)[C@@H](NC(=O)[C@@H](N)Cc2ccc(O)cc2)CC(=O)N([C@@H](Cc2ccc(O)cc2)C(N)=O)C(C)(C(=O)O)NC(=O)[C@H](Cc2ccccc2)NC1=O. The lowest BCUT2D eigenvalue weighted by Crippen LogP contribution is -2.72. The van der Waals surface area contributed by atoms with Crippen molar-refractivity contribution >= 4 is 87.8 Å². The Balaban J connectivity index is 1.29. The van der Waals surface area contributed by atoms with Crippen LogP contribution in [0.4, 0.5) is 0 Å². The maximum Gasteiger partial charge on any atom is 0.350 e. The van der Waals surface area contributed by atoms with Gasteiger partial charge in [-0.15, -0.1) is 0 Å². The van der Waals surface area contributed by atoms with Crippen LogP contribution in [-0.2, 0) is 101 Å². The van der Waals surface area contributed by atoms with Crippen molar-refractivity contribution in [3.8, 4) is 11.5 Å². The van der Waals surface area contributed by atoms with Crippen LogP contribution in [0, 0.1) is 0 Å². The zero-order valence-electron chi connectivity index (χ0n) is 58.0. The first-order valence-electron chi connectivity index (χ1n) is 34.1. The second-order valence-electron chi connectivity index (χ2n) is 25.9. The van der Waals surface area contributed by atoms with Gasteiger partial charge in [0.05, 0.1) is 25.2 Å². The first-order chi connectivity index (χ1) is 50.6. The van der Waals surface area contributed by atoms with Gasteiger partial charge in [0, 0.05) is 61.1 Å². The number of nitrogens with two attached hydrogens (primary N) is 4. The summed E-state index contributed by atoms with van der Waals surface area (Å²) in [5, 5.41) is 55.3. The van der Waals surface area contributed by atoms with E-state index in [2.05, 4.69) is 62.8 Å². The van der Waals surface area contributed by atoms with Crippen LogP contribution in [0.25, 0.3) is 10.9 Å². The quantitative estimate of drug-likeness (QED) is 0.0317. The number of H-pyrrole nitrogens is 2. The molecule has 33 nitrogen and oxygen atoms in total. The number of hydrogen-bond donors (Lipinski definition) is 18. The lowest BCUT2D eigenvalue weighted by Gasteiger charge is -2.43. The Morgan fingerprint density at radius 1 is 0.575 bits per heavy atom. The van der Waals surface area contributed by atoms with Gasteiger partial charge in [0.1, 0.15) is 65.9 Å². The Labute approximate surface area is 607 Å². The normalized spacial score (nSPS) is 22.1. The van der Waals surface area contributed by atoms with Crippen LogP contribution >= 0.6 is 0 Å². The molecule has 0 aliphatic carbocycles. The molecule has 12 amide bonds. The number of phenolic OH excluding ortho intramolecular Hbond substituents is 2. The maximum atomic E-state index is 15.8. The van der Waals surface area contributed by atoms with Gasteiger partial charge >= 0.3 is 5.97 Å². The number of amides is 12. The highest BCUT2D eigenvalue weighted by atomic mass is 16.4. The molecule has 0 spiro atoms. The van der Waals surface area contributed by atoms with Crippen molar-refractivity contribution in [2.24, 2.45) is 22.9 Å². The molecule has 0 saturated carbocycles. The Morgan fingerprint density at radius 3 is 1.63 bits per heavy atom. The van der Waals surface area contributed by atoms with Gasteiger partial charge in [0.15, 0.2) is 0 Å². The highest BCUT2D eigenvalue weighted by molar-refractivity contribution is 6.02. The van der Waals surface area contributed by atoms with E-state index in [-0.39, 0.29) is 61.4 Å². The number of aromatic amines is 2. The Morgan fingerprint density at radius 2 is 1.08 bits per heavy atom. The zero-order valence-corrected chi connectivity index (χ0v) is 58.0. The van der Waals surface area contributed by atoms with Crippen LogP contribution in [0.15, 0.2) is 152 Å². The lowest BCUT2D eigenvalue weighted by molar-refractivity contribution is -0.168. The number of primary amides is 2. The third-order valence-corrected chi connectivity index (χ3v) is 17.8. The highest BCUT2D eigenvalue weighted by Crippen LogP contribution is 2.26. The van der Waals surface area contributed by atoms with Gasteiger partial charge in [-0.05, 0) is 104 Å². The van der Waals surface area contributed by atoms with E-state index in [9.17, 15) is 48.9 Å². The van der Waals surface area contributed by atoms with E-state index in [1.54, 1.807) is 91.1 Å². The summed E-state index contributed by atoms with van der Waals surface area (Å²) in [6, 6.07) is 15.8. The van der Waals surface area contributed by atoms with Crippen molar-refractivity contribution in [2.75, 3.05) is 6.54 Å². The number of benzene rings is 5.